The average Bonchev–Trinajstić information content (AvgIpc) is 3.57. The van der Waals surface area contributed by atoms with Crippen molar-refractivity contribution in [3.63, 3.8) is 0 Å². The van der Waals surface area contributed by atoms with Gasteiger partial charge in [0.05, 0.1) is 31.0 Å². The molecule has 3 heterocycles. The maximum atomic E-state index is 13.4. The lowest BCUT2D eigenvalue weighted by Crippen LogP contribution is -2.41. The van der Waals surface area contributed by atoms with Gasteiger partial charge in [-0.2, -0.15) is 0 Å². The highest BCUT2D eigenvalue weighted by Crippen LogP contribution is 2.47. The third-order valence-corrected chi connectivity index (χ3v) is 6.85. The average molecular weight is 471 g/mol. The molecule has 1 aromatic carbocycles. The molecule has 0 aliphatic carbocycles. The molecule has 184 valence electrons. The van der Waals surface area contributed by atoms with Gasteiger partial charge < -0.3 is 23.9 Å². The van der Waals surface area contributed by atoms with Crippen LogP contribution in [-0.4, -0.2) is 59.8 Å². The highest BCUT2D eigenvalue weighted by molar-refractivity contribution is 5.79. The van der Waals surface area contributed by atoms with Crippen LogP contribution in [0.5, 0.6) is 11.5 Å². The normalized spacial score (nSPS) is 21.6. The summed E-state index contributed by atoms with van der Waals surface area (Å²) in [5, 5.41) is 10.3. The molecule has 3 atom stereocenters. The number of carbonyl (C=O) groups is 2. The fraction of sp³-hybridized carbons (Fsp3) is 0.538. The maximum absolute atomic E-state index is 13.4. The lowest BCUT2D eigenvalue weighted by atomic mass is 9.83. The molecule has 0 bridgehead atoms. The number of furan rings is 1. The summed E-state index contributed by atoms with van der Waals surface area (Å²) in [5.74, 6) is -0.593. The van der Waals surface area contributed by atoms with Crippen molar-refractivity contribution in [3.8, 4) is 11.5 Å². The lowest BCUT2D eigenvalue weighted by Gasteiger charge is -2.29. The summed E-state index contributed by atoms with van der Waals surface area (Å²) in [6, 6.07) is 6.94. The van der Waals surface area contributed by atoms with Gasteiger partial charge in [0.15, 0.2) is 11.5 Å². The Morgan fingerprint density at radius 3 is 2.44 bits per heavy atom. The highest BCUT2D eigenvalue weighted by Gasteiger charge is 2.48. The zero-order chi connectivity index (χ0) is 24.1. The zero-order valence-corrected chi connectivity index (χ0v) is 19.9. The molecule has 2 aromatic rings. The number of likely N-dealkylation sites (tertiary alicyclic amines) is 1. The van der Waals surface area contributed by atoms with E-state index in [1.165, 1.54) is 0 Å². The predicted molar refractivity (Wildman–Crippen MR) is 126 cm³/mol. The number of hydrogen-bond donors (Lipinski definition) is 1. The van der Waals surface area contributed by atoms with Crippen molar-refractivity contribution in [1.29, 1.82) is 0 Å². The second-order valence-electron chi connectivity index (χ2n) is 9.10. The first-order chi connectivity index (χ1) is 16.5. The van der Waals surface area contributed by atoms with Crippen molar-refractivity contribution in [2.45, 2.75) is 51.5 Å². The Balaban J connectivity index is 1.62. The van der Waals surface area contributed by atoms with Gasteiger partial charge in [-0.3, -0.25) is 14.5 Å². The smallest absolute Gasteiger partial charge is 0.309 e. The predicted octanol–water partition coefficient (Wildman–Crippen LogP) is 4.28. The fourth-order valence-corrected chi connectivity index (χ4v) is 5.05. The van der Waals surface area contributed by atoms with E-state index >= 15 is 0 Å². The number of amides is 1. The monoisotopic (exact) mass is 470 g/mol. The van der Waals surface area contributed by atoms with E-state index in [0.29, 0.717) is 18.0 Å². The van der Waals surface area contributed by atoms with E-state index in [1.807, 2.05) is 28.0 Å². The molecule has 2 aliphatic rings. The van der Waals surface area contributed by atoms with Crippen LogP contribution in [0, 0.1) is 5.92 Å². The van der Waals surface area contributed by atoms with Gasteiger partial charge in [-0.05, 0) is 36.6 Å². The quantitative estimate of drug-likeness (QED) is 0.524. The topological polar surface area (TPSA) is 92.5 Å². The van der Waals surface area contributed by atoms with Gasteiger partial charge in [-0.15, -0.1) is 0 Å². The summed E-state index contributed by atoms with van der Waals surface area (Å²) in [4.78, 5) is 29.9. The SMILES string of the molecule is CCCCN(CCCC)C(=O)CN1CC(c2ccc3c(c2)OCO3)[C@H](C(=O)O)[C@H]1c1ccoc1. The number of benzene rings is 1. The Hall–Kier alpha value is -3.00. The van der Waals surface area contributed by atoms with E-state index in [2.05, 4.69) is 13.8 Å². The van der Waals surface area contributed by atoms with Crippen molar-refractivity contribution in [3.05, 3.63) is 47.9 Å². The molecular formula is C26H34N2O6. The Bertz CT molecular complexity index is 968. The number of hydrogen-bond acceptors (Lipinski definition) is 6. The largest absolute Gasteiger partial charge is 0.481 e. The molecule has 34 heavy (non-hydrogen) atoms. The number of ether oxygens (including phenoxy) is 2. The van der Waals surface area contributed by atoms with E-state index in [0.717, 1.165) is 49.9 Å². The molecule has 1 saturated heterocycles. The van der Waals surface area contributed by atoms with Crippen LogP contribution in [0.3, 0.4) is 0 Å². The summed E-state index contributed by atoms with van der Waals surface area (Å²) < 4.78 is 16.3. The van der Waals surface area contributed by atoms with Gasteiger partial charge in [0, 0.05) is 31.1 Å². The van der Waals surface area contributed by atoms with Gasteiger partial charge in [-0.1, -0.05) is 32.8 Å². The van der Waals surface area contributed by atoms with Crippen molar-refractivity contribution < 1.29 is 28.6 Å². The van der Waals surface area contributed by atoms with E-state index in [-0.39, 0.29) is 25.2 Å². The number of carboxylic acid groups (broad SMARTS) is 1. The molecular weight excluding hydrogens is 436 g/mol. The van der Waals surface area contributed by atoms with Gasteiger partial charge in [0.1, 0.15) is 0 Å². The van der Waals surface area contributed by atoms with E-state index in [9.17, 15) is 14.7 Å². The molecule has 1 unspecified atom stereocenters. The zero-order valence-electron chi connectivity index (χ0n) is 19.9. The van der Waals surface area contributed by atoms with Crippen LogP contribution in [0.2, 0.25) is 0 Å². The van der Waals surface area contributed by atoms with Crippen molar-refractivity contribution in [2.75, 3.05) is 33.0 Å². The molecule has 1 fully saturated rings. The molecule has 8 heteroatoms. The Morgan fingerprint density at radius 2 is 1.79 bits per heavy atom. The van der Waals surface area contributed by atoms with E-state index < -0.39 is 17.9 Å². The van der Waals surface area contributed by atoms with Crippen molar-refractivity contribution in [1.82, 2.24) is 9.80 Å². The minimum absolute atomic E-state index is 0.0471. The van der Waals surface area contributed by atoms with Crippen LogP contribution in [0.1, 0.15) is 62.6 Å². The Kier molecular flexibility index (Phi) is 7.77. The molecule has 1 amide bonds. The van der Waals surface area contributed by atoms with Crippen LogP contribution >= 0.6 is 0 Å². The van der Waals surface area contributed by atoms with Crippen molar-refractivity contribution in [2.24, 2.45) is 5.92 Å². The summed E-state index contributed by atoms with van der Waals surface area (Å²) >= 11 is 0. The Morgan fingerprint density at radius 1 is 1.06 bits per heavy atom. The van der Waals surface area contributed by atoms with Crippen LogP contribution in [0.25, 0.3) is 0 Å². The fourth-order valence-electron chi connectivity index (χ4n) is 5.05. The van der Waals surface area contributed by atoms with Gasteiger partial charge in [0.25, 0.3) is 0 Å². The third kappa shape index (κ3) is 5.06. The molecule has 0 spiro atoms. The minimum Gasteiger partial charge on any atom is -0.481 e. The summed E-state index contributed by atoms with van der Waals surface area (Å²) in [6.07, 6.45) is 7.09. The number of nitrogens with zero attached hydrogens (tertiary/aromatic N) is 2. The molecule has 8 nitrogen and oxygen atoms in total. The molecule has 1 aromatic heterocycles. The molecule has 4 rings (SSSR count). The second kappa shape index (κ2) is 11.0. The first-order valence-electron chi connectivity index (χ1n) is 12.2. The number of carbonyl (C=O) groups excluding carboxylic acids is 1. The van der Waals surface area contributed by atoms with E-state index in [4.69, 9.17) is 13.9 Å². The summed E-state index contributed by atoms with van der Waals surface area (Å²) in [6.45, 7) is 6.48. The van der Waals surface area contributed by atoms with Crippen LogP contribution < -0.4 is 9.47 Å². The molecule has 0 radical (unpaired) electrons. The molecule has 2 aliphatic heterocycles. The number of fused-ring (bicyclic) bond motifs is 1. The second-order valence-corrected chi connectivity index (χ2v) is 9.10. The van der Waals surface area contributed by atoms with Crippen LogP contribution in [-0.2, 0) is 9.59 Å². The number of unbranched alkanes of at least 4 members (excludes halogenated alkanes) is 2. The van der Waals surface area contributed by atoms with Crippen molar-refractivity contribution >= 4 is 11.9 Å². The standard InChI is InChI=1S/C26H34N2O6/c1-3-5-10-27(11-6-4-2)23(29)15-28-14-20(18-7-8-21-22(13-18)34-17-33-21)24(26(30)31)25(28)19-9-12-32-16-19/h7-9,12-13,16,20,24-25H,3-6,10-11,14-15,17H2,1-2H3,(H,30,31)/t20?,24-,25+/m0/s1. The molecule has 0 saturated carbocycles. The third-order valence-electron chi connectivity index (χ3n) is 6.85. The summed E-state index contributed by atoms with van der Waals surface area (Å²) in [7, 11) is 0. The van der Waals surface area contributed by atoms with Gasteiger partial charge in [-0.25, -0.2) is 0 Å². The van der Waals surface area contributed by atoms with Crippen LogP contribution in [0.15, 0.2) is 41.2 Å². The maximum Gasteiger partial charge on any atom is 0.309 e. The first-order valence-corrected chi connectivity index (χ1v) is 12.2. The number of aliphatic carboxylic acids is 1. The lowest BCUT2D eigenvalue weighted by molar-refractivity contribution is -0.144. The first kappa shape index (κ1) is 24.1. The summed E-state index contributed by atoms with van der Waals surface area (Å²) in [5.41, 5.74) is 1.64. The van der Waals surface area contributed by atoms with Gasteiger partial charge in [0.2, 0.25) is 12.7 Å². The number of carboxylic acids is 1. The minimum atomic E-state index is -0.891. The number of rotatable bonds is 11. The Labute approximate surface area is 200 Å². The van der Waals surface area contributed by atoms with Gasteiger partial charge >= 0.3 is 5.97 Å². The molecule has 1 N–H and O–H groups in total. The highest BCUT2D eigenvalue weighted by atomic mass is 16.7. The van der Waals surface area contributed by atoms with E-state index in [1.54, 1.807) is 18.6 Å². The van der Waals surface area contributed by atoms with Crippen LogP contribution in [0.4, 0.5) is 0 Å².